The molecule has 96 valence electrons. The Hall–Kier alpha value is -1.14. The van der Waals surface area contributed by atoms with Crippen molar-refractivity contribution in [2.75, 3.05) is 13.7 Å². The number of amides is 1. The van der Waals surface area contributed by atoms with Crippen LogP contribution in [0.3, 0.4) is 0 Å². The van der Waals surface area contributed by atoms with Gasteiger partial charge in [-0.25, -0.2) is 4.79 Å². The third-order valence-corrected chi connectivity index (χ3v) is 1.64. The predicted molar refractivity (Wildman–Crippen MR) is 61.1 cm³/mol. The number of carboxylic acid groups (broad SMARTS) is 1. The Morgan fingerprint density at radius 1 is 1.56 bits per heavy atom. The molecular weight excluding hydrogens is 212 g/mol. The summed E-state index contributed by atoms with van der Waals surface area (Å²) in [5.41, 5.74) is 5.12. The molecule has 0 fully saturated rings. The molecule has 0 bridgehead atoms. The third kappa shape index (κ3) is 12.9. The lowest BCUT2D eigenvalue weighted by Crippen LogP contribution is -2.37. The molecule has 16 heavy (non-hydrogen) atoms. The Morgan fingerprint density at radius 3 is 2.19 bits per heavy atom. The first-order chi connectivity index (χ1) is 7.28. The number of aliphatic carboxylic acids is 1. The number of carbonyl (C=O) groups excluding carboxylic acids is 1. The van der Waals surface area contributed by atoms with Crippen molar-refractivity contribution in [2.24, 2.45) is 5.73 Å². The van der Waals surface area contributed by atoms with Crippen LogP contribution in [0.15, 0.2) is 0 Å². The molecule has 1 atom stereocenters. The van der Waals surface area contributed by atoms with Crippen LogP contribution < -0.4 is 11.1 Å². The van der Waals surface area contributed by atoms with E-state index in [1.807, 2.05) is 20.8 Å². The molecule has 0 saturated heterocycles. The first-order valence-corrected chi connectivity index (χ1v) is 4.96. The molecule has 0 radical (unpaired) electrons. The van der Waals surface area contributed by atoms with E-state index in [0.29, 0.717) is 6.41 Å². The van der Waals surface area contributed by atoms with Crippen LogP contribution in [-0.2, 0) is 14.3 Å². The van der Waals surface area contributed by atoms with E-state index in [9.17, 15) is 9.59 Å². The number of hydrogen-bond donors (Lipinski definition) is 3. The Bertz CT molecular complexity index is 201. The maximum atomic E-state index is 10.2. The van der Waals surface area contributed by atoms with E-state index in [4.69, 9.17) is 15.6 Å². The minimum absolute atomic E-state index is 0.0417. The summed E-state index contributed by atoms with van der Waals surface area (Å²) >= 11 is 0. The van der Waals surface area contributed by atoms with Gasteiger partial charge < -0.3 is 20.9 Å². The van der Waals surface area contributed by atoms with Crippen molar-refractivity contribution in [3.8, 4) is 0 Å². The highest BCUT2D eigenvalue weighted by atomic mass is 16.5. The maximum Gasteiger partial charge on any atom is 0.326 e. The van der Waals surface area contributed by atoms with E-state index in [1.165, 1.54) is 0 Å². The highest BCUT2D eigenvalue weighted by molar-refractivity contribution is 5.76. The van der Waals surface area contributed by atoms with E-state index in [2.05, 4.69) is 5.32 Å². The van der Waals surface area contributed by atoms with Crippen molar-refractivity contribution < 1.29 is 19.4 Å². The van der Waals surface area contributed by atoms with Crippen molar-refractivity contribution >= 4 is 12.4 Å². The van der Waals surface area contributed by atoms with E-state index >= 15 is 0 Å². The summed E-state index contributed by atoms with van der Waals surface area (Å²) in [6.07, 6.45) is 0.614. The Balaban J connectivity index is 0. The summed E-state index contributed by atoms with van der Waals surface area (Å²) in [5, 5.41) is 10.5. The Kier molecular flexibility index (Phi) is 9.83. The molecule has 1 unspecified atom stereocenters. The quantitative estimate of drug-likeness (QED) is 0.580. The molecular formula is C10H22N2O4. The van der Waals surface area contributed by atoms with Crippen LogP contribution in [0.25, 0.3) is 0 Å². The Labute approximate surface area is 96.2 Å². The molecule has 0 aliphatic rings. The molecule has 0 aliphatic carbocycles. The van der Waals surface area contributed by atoms with Crippen LogP contribution in [0.4, 0.5) is 0 Å². The highest BCUT2D eigenvalue weighted by Gasteiger charge is 2.13. The molecule has 0 aliphatic heterocycles. The molecule has 4 N–H and O–H groups in total. The molecule has 6 nitrogen and oxygen atoms in total. The fourth-order valence-electron chi connectivity index (χ4n) is 0.527. The zero-order valence-electron chi connectivity index (χ0n) is 10.3. The lowest BCUT2D eigenvalue weighted by Gasteiger charge is -2.14. The van der Waals surface area contributed by atoms with Crippen LogP contribution in [0.1, 0.15) is 27.2 Å². The van der Waals surface area contributed by atoms with Crippen LogP contribution in [0.5, 0.6) is 0 Å². The molecule has 6 heteroatoms. The van der Waals surface area contributed by atoms with Gasteiger partial charge in [0.1, 0.15) is 6.04 Å². The van der Waals surface area contributed by atoms with Gasteiger partial charge in [-0.3, -0.25) is 4.79 Å². The second kappa shape index (κ2) is 9.11. The summed E-state index contributed by atoms with van der Waals surface area (Å²) in [6.45, 7) is 6.31. The number of nitrogens with one attached hydrogen (secondary N) is 1. The predicted octanol–water partition coefficient (Wildman–Crippen LogP) is -0.0343. The SMILES string of the molecule is COC(C)(C)C.NCCC(NC=O)C(=O)O. The van der Waals surface area contributed by atoms with Gasteiger partial charge in [0.2, 0.25) is 6.41 Å². The van der Waals surface area contributed by atoms with Gasteiger partial charge in [0.15, 0.2) is 0 Å². The number of carboxylic acids is 1. The van der Waals surface area contributed by atoms with Crippen molar-refractivity contribution in [3.05, 3.63) is 0 Å². The first-order valence-electron chi connectivity index (χ1n) is 4.96. The van der Waals surface area contributed by atoms with Gasteiger partial charge in [0, 0.05) is 7.11 Å². The molecule has 0 aromatic heterocycles. The summed E-state index contributed by atoms with van der Waals surface area (Å²) in [5.74, 6) is -1.06. The van der Waals surface area contributed by atoms with Gasteiger partial charge in [-0.1, -0.05) is 0 Å². The molecule has 0 saturated carbocycles. The standard InChI is InChI=1S/C5H10N2O3.C5H12O/c6-2-1-4(5(9)10)7-3-8;1-5(2,3)6-4/h3-4H,1-2,6H2,(H,7,8)(H,9,10);1-4H3. The van der Waals surface area contributed by atoms with E-state index < -0.39 is 12.0 Å². The van der Waals surface area contributed by atoms with Gasteiger partial charge in [0.05, 0.1) is 5.60 Å². The molecule has 0 aromatic rings. The Morgan fingerprint density at radius 2 is 2.00 bits per heavy atom. The number of methoxy groups -OCH3 is 1. The van der Waals surface area contributed by atoms with Crippen molar-refractivity contribution in [3.63, 3.8) is 0 Å². The van der Waals surface area contributed by atoms with Gasteiger partial charge in [-0.15, -0.1) is 0 Å². The third-order valence-electron chi connectivity index (χ3n) is 1.64. The van der Waals surface area contributed by atoms with Gasteiger partial charge >= 0.3 is 5.97 Å². The fraction of sp³-hybridized carbons (Fsp3) is 0.800. The zero-order valence-corrected chi connectivity index (χ0v) is 10.3. The lowest BCUT2D eigenvalue weighted by atomic mass is 10.2. The van der Waals surface area contributed by atoms with E-state index in [0.717, 1.165) is 0 Å². The second-order valence-electron chi connectivity index (χ2n) is 4.07. The van der Waals surface area contributed by atoms with E-state index in [1.54, 1.807) is 7.11 Å². The summed E-state index contributed by atoms with van der Waals surface area (Å²) in [6, 6.07) is -0.845. The van der Waals surface area contributed by atoms with Crippen LogP contribution in [-0.4, -0.2) is 42.8 Å². The average molecular weight is 234 g/mol. The van der Waals surface area contributed by atoms with Crippen LogP contribution >= 0.6 is 0 Å². The zero-order chi connectivity index (χ0) is 13.2. The summed E-state index contributed by atoms with van der Waals surface area (Å²) < 4.78 is 4.94. The molecule has 0 rings (SSSR count). The molecule has 0 aromatic carbocycles. The largest absolute Gasteiger partial charge is 0.480 e. The molecule has 0 spiro atoms. The van der Waals surface area contributed by atoms with E-state index in [-0.39, 0.29) is 18.6 Å². The van der Waals surface area contributed by atoms with Crippen LogP contribution in [0.2, 0.25) is 0 Å². The normalized spacial score (nSPS) is 12.1. The van der Waals surface area contributed by atoms with Crippen LogP contribution in [0, 0.1) is 0 Å². The number of ether oxygens (including phenoxy) is 1. The van der Waals surface area contributed by atoms with Gasteiger partial charge in [-0.2, -0.15) is 0 Å². The number of nitrogens with two attached hydrogens (primary N) is 1. The van der Waals surface area contributed by atoms with Crippen molar-refractivity contribution in [1.82, 2.24) is 5.32 Å². The van der Waals surface area contributed by atoms with Crippen molar-refractivity contribution in [1.29, 1.82) is 0 Å². The average Bonchev–Trinajstić information content (AvgIpc) is 2.17. The summed E-state index contributed by atoms with van der Waals surface area (Å²) in [4.78, 5) is 20.0. The summed E-state index contributed by atoms with van der Waals surface area (Å²) in [7, 11) is 1.71. The highest BCUT2D eigenvalue weighted by Crippen LogP contribution is 2.02. The smallest absolute Gasteiger partial charge is 0.326 e. The number of carbonyl (C=O) groups is 2. The molecule has 0 heterocycles. The maximum absolute atomic E-state index is 10.2. The first kappa shape index (κ1) is 17.3. The van der Waals surface area contributed by atoms with Gasteiger partial charge in [0.25, 0.3) is 0 Å². The monoisotopic (exact) mass is 234 g/mol. The van der Waals surface area contributed by atoms with Crippen molar-refractivity contribution in [2.45, 2.75) is 38.8 Å². The minimum atomic E-state index is -1.06. The minimum Gasteiger partial charge on any atom is -0.480 e. The number of hydrogen-bond acceptors (Lipinski definition) is 4. The van der Waals surface area contributed by atoms with Gasteiger partial charge in [-0.05, 0) is 33.7 Å². The molecule has 1 amide bonds. The lowest BCUT2D eigenvalue weighted by molar-refractivity contribution is -0.140. The fourth-order valence-corrected chi connectivity index (χ4v) is 0.527. The number of rotatable bonds is 5. The topological polar surface area (TPSA) is 102 Å². The second-order valence-corrected chi connectivity index (χ2v) is 4.07.